The van der Waals surface area contributed by atoms with E-state index < -0.39 is 11.6 Å². The van der Waals surface area contributed by atoms with E-state index in [9.17, 15) is 8.78 Å². The van der Waals surface area contributed by atoms with Gasteiger partial charge in [-0.05, 0) is 24.3 Å². The summed E-state index contributed by atoms with van der Waals surface area (Å²) in [6, 6.07) is 7.24. The van der Waals surface area contributed by atoms with E-state index in [-0.39, 0.29) is 12.4 Å². The van der Waals surface area contributed by atoms with E-state index in [1.165, 1.54) is 6.07 Å². The Hall–Kier alpha value is -0.840. The van der Waals surface area contributed by atoms with Gasteiger partial charge in [-0.15, -0.1) is 0 Å². The molecule has 2 rings (SSSR count). The quantitative estimate of drug-likeness (QED) is 0.640. The molecule has 0 spiro atoms. The fourth-order valence-corrected chi connectivity index (χ4v) is 2.30. The molecular formula is C13H7BrCl2F2O. The molecular weight excluding hydrogens is 361 g/mol. The maximum absolute atomic E-state index is 13.5. The standard InChI is InChI=1S/C13H7BrCl2F2O/c14-8-3-11(17)13(18)12(4-8)19-6-7-1-2-9(15)5-10(7)16/h1-5H,6H2. The second kappa shape index (κ2) is 6.07. The molecule has 0 saturated carbocycles. The lowest BCUT2D eigenvalue weighted by Crippen LogP contribution is -1.99. The second-order valence-corrected chi connectivity index (χ2v) is 5.48. The van der Waals surface area contributed by atoms with Gasteiger partial charge in [0.25, 0.3) is 0 Å². The molecule has 0 N–H and O–H groups in total. The fraction of sp³-hybridized carbons (Fsp3) is 0.0769. The Balaban J connectivity index is 2.19. The molecule has 2 aromatic rings. The molecule has 1 nitrogen and oxygen atoms in total. The van der Waals surface area contributed by atoms with Crippen molar-refractivity contribution in [2.75, 3.05) is 0 Å². The number of halogens is 5. The van der Waals surface area contributed by atoms with Crippen molar-refractivity contribution in [3.63, 3.8) is 0 Å². The average Bonchev–Trinajstić information content (AvgIpc) is 2.33. The summed E-state index contributed by atoms with van der Waals surface area (Å²) in [5.74, 6) is -2.20. The first-order valence-corrected chi connectivity index (χ1v) is 6.73. The van der Waals surface area contributed by atoms with Gasteiger partial charge in [-0.25, -0.2) is 4.39 Å². The van der Waals surface area contributed by atoms with E-state index in [4.69, 9.17) is 27.9 Å². The first kappa shape index (κ1) is 14.6. The highest BCUT2D eigenvalue weighted by Gasteiger charge is 2.12. The zero-order chi connectivity index (χ0) is 14.0. The third-order valence-corrected chi connectivity index (χ3v) is 3.40. The second-order valence-electron chi connectivity index (χ2n) is 3.72. The topological polar surface area (TPSA) is 9.23 Å². The first-order chi connectivity index (χ1) is 8.97. The Morgan fingerprint density at radius 1 is 1.11 bits per heavy atom. The van der Waals surface area contributed by atoms with E-state index in [0.717, 1.165) is 6.07 Å². The summed E-state index contributed by atoms with van der Waals surface area (Å²) in [5.41, 5.74) is 0.630. The lowest BCUT2D eigenvalue weighted by molar-refractivity contribution is 0.284. The van der Waals surface area contributed by atoms with Gasteiger partial charge >= 0.3 is 0 Å². The van der Waals surface area contributed by atoms with Crippen molar-refractivity contribution < 1.29 is 13.5 Å². The van der Waals surface area contributed by atoms with Gasteiger partial charge in [0.1, 0.15) is 6.61 Å². The minimum absolute atomic E-state index is 0.0167. The number of ether oxygens (including phenoxy) is 1. The van der Waals surface area contributed by atoms with Gasteiger partial charge in [-0.2, -0.15) is 4.39 Å². The monoisotopic (exact) mass is 366 g/mol. The predicted octanol–water partition coefficient (Wildman–Crippen LogP) is 5.61. The van der Waals surface area contributed by atoms with Gasteiger partial charge < -0.3 is 4.74 Å². The van der Waals surface area contributed by atoms with E-state index in [2.05, 4.69) is 15.9 Å². The smallest absolute Gasteiger partial charge is 0.200 e. The van der Waals surface area contributed by atoms with Crippen molar-refractivity contribution in [3.05, 3.63) is 62.0 Å². The Morgan fingerprint density at radius 3 is 2.53 bits per heavy atom. The normalized spacial score (nSPS) is 10.6. The van der Waals surface area contributed by atoms with Gasteiger partial charge in [0.15, 0.2) is 11.6 Å². The zero-order valence-electron chi connectivity index (χ0n) is 9.39. The largest absolute Gasteiger partial charge is 0.486 e. The number of hydrogen-bond donors (Lipinski definition) is 0. The summed E-state index contributed by atoms with van der Waals surface area (Å²) >= 11 is 14.8. The average molecular weight is 368 g/mol. The van der Waals surface area contributed by atoms with Crippen molar-refractivity contribution in [2.24, 2.45) is 0 Å². The van der Waals surface area contributed by atoms with E-state index >= 15 is 0 Å². The summed E-state index contributed by atoms with van der Waals surface area (Å²) in [5, 5.41) is 0.900. The molecule has 0 aliphatic rings. The third kappa shape index (κ3) is 3.59. The summed E-state index contributed by atoms with van der Waals surface area (Å²) < 4.78 is 32.3. The SMILES string of the molecule is Fc1cc(Br)cc(OCc2ccc(Cl)cc2Cl)c1F. The molecule has 0 amide bonds. The Bertz CT molecular complexity index is 620. The van der Waals surface area contributed by atoms with Gasteiger partial charge in [0.05, 0.1) is 0 Å². The highest BCUT2D eigenvalue weighted by molar-refractivity contribution is 9.10. The lowest BCUT2D eigenvalue weighted by atomic mass is 10.2. The van der Waals surface area contributed by atoms with E-state index in [0.29, 0.717) is 20.1 Å². The zero-order valence-corrected chi connectivity index (χ0v) is 12.5. The molecule has 100 valence electrons. The molecule has 19 heavy (non-hydrogen) atoms. The maximum Gasteiger partial charge on any atom is 0.200 e. The fourth-order valence-electron chi connectivity index (χ4n) is 1.43. The molecule has 0 heterocycles. The predicted molar refractivity (Wildman–Crippen MR) is 74.9 cm³/mol. The maximum atomic E-state index is 13.5. The molecule has 0 fully saturated rings. The van der Waals surface area contributed by atoms with Gasteiger partial charge in [0, 0.05) is 20.1 Å². The lowest BCUT2D eigenvalue weighted by Gasteiger charge is -2.09. The number of rotatable bonds is 3. The van der Waals surface area contributed by atoms with Crippen LogP contribution in [-0.4, -0.2) is 0 Å². The minimum atomic E-state index is -1.03. The van der Waals surface area contributed by atoms with Crippen LogP contribution in [-0.2, 0) is 6.61 Å². The van der Waals surface area contributed by atoms with Crippen LogP contribution in [0.4, 0.5) is 8.78 Å². The molecule has 6 heteroatoms. The van der Waals surface area contributed by atoms with Crippen molar-refractivity contribution in [3.8, 4) is 5.75 Å². The van der Waals surface area contributed by atoms with Crippen LogP contribution in [0.5, 0.6) is 5.75 Å². The van der Waals surface area contributed by atoms with Crippen LogP contribution in [0, 0.1) is 11.6 Å². The first-order valence-electron chi connectivity index (χ1n) is 5.18. The summed E-state index contributed by atoms with van der Waals surface area (Å²) in [4.78, 5) is 0. The van der Waals surface area contributed by atoms with E-state index in [1.807, 2.05) is 0 Å². The molecule has 2 aromatic carbocycles. The van der Waals surface area contributed by atoms with Crippen molar-refractivity contribution in [2.45, 2.75) is 6.61 Å². The summed E-state index contributed by atoms with van der Waals surface area (Å²) in [6.45, 7) is 0.0167. The molecule has 0 aliphatic carbocycles. The molecule has 0 radical (unpaired) electrons. The van der Waals surface area contributed by atoms with E-state index in [1.54, 1.807) is 18.2 Å². The molecule has 0 saturated heterocycles. The third-order valence-electron chi connectivity index (χ3n) is 2.36. The molecule has 0 atom stereocenters. The minimum Gasteiger partial charge on any atom is -0.486 e. The highest BCUT2D eigenvalue weighted by Crippen LogP contribution is 2.27. The Morgan fingerprint density at radius 2 is 1.84 bits per heavy atom. The Labute approximate surface area is 127 Å². The van der Waals surface area contributed by atoms with Crippen molar-refractivity contribution in [1.82, 2.24) is 0 Å². The van der Waals surface area contributed by atoms with Crippen LogP contribution in [0.2, 0.25) is 10.0 Å². The summed E-state index contributed by atoms with van der Waals surface area (Å²) in [6.07, 6.45) is 0. The van der Waals surface area contributed by atoms with Crippen molar-refractivity contribution in [1.29, 1.82) is 0 Å². The molecule has 0 unspecified atom stereocenters. The molecule has 0 aliphatic heterocycles. The molecule has 0 aromatic heterocycles. The van der Waals surface area contributed by atoms with Crippen molar-refractivity contribution >= 4 is 39.1 Å². The molecule has 0 bridgehead atoms. The van der Waals surface area contributed by atoms with Gasteiger partial charge in [0.2, 0.25) is 5.82 Å². The Kier molecular flexibility index (Phi) is 4.66. The van der Waals surface area contributed by atoms with Gasteiger partial charge in [-0.1, -0.05) is 45.2 Å². The number of hydrogen-bond acceptors (Lipinski definition) is 1. The van der Waals surface area contributed by atoms with Crippen LogP contribution >= 0.6 is 39.1 Å². The van der Waals surface area contributed by atoms with Crippen LogP contribution < -0.4 is 4.74 Å². The van der Waals surface area contributed by atoms with Crippen LogP contribution in [0.15, 0.2) is 34.8 Å². The van der Waals surface area contributed by atoms with Crippen LogP contribution in [0.25, 0.3) is 0 Å². The summed E-state index contributed by atoms with van der Waals surface area (Å²) in [7, 11) is 0. The number of benzene rings is 2. The van der Waals surface area contributed by atoms with Crippen LogP contribution in [0.1, 0.15) is 5.56 Å². The highest BCUT2D eigenvalue weighted by atomic mass is 79.9. The van der Waals surface area contributed by atoms with Gasteiger partial charge in [-0.3, -0.25) is 0 Å². The van der Waals surface area contributed by atoms with Crippen LogP contribution in [0.3, 0.4) is 0 Å².